The maximum atomic E-state index is 13.3. The van der Waals surface area contributed by atoms with E-state index in [1.54, 1.807) is 4.68 Å². The van der Waals surface area contributed by atoms with Gasteiger partial charge in [0.25, 0.3) is 5.91 Å². The molecule has 7 nitrogen and oxygen atoms in total. The van der Waals surface area contributed by atoms with E-state index in [9.17, 15) is 4.79 Å². The summed E-state index contributed by atoms with van der Waals surface area (Å²) < 4.78 is 1.77. The Hall–Kier alpha value is -2.74. The summed E-state index contributed by atoms with van der Waals surface area (Å²) in [4.78, 5) is 24.3. The number of aryl methyl sites for hydroxylation is 3. The fraction of sp³-hybridized carbons (Fsp3) is 0.435. The van der Waals surface area contributed by atoms with E-state index in [4.69, 9.17) is 0 Å². The molecule has 8 heteroatoms. The second kappa shape index (κ2) is 9.18. The van der Waals surface area contributed by atoms with Gasteiger partial charge >= 0.3 is 0 Å². The maximum Gasteiger partial charge on any atom is 0.276 e. The number of likely N-dealkylation sites (tertiary alicyclic amines) is 1. The molecule has 1 aliphatic rings. The summed E-state index contributed by atoms with van der Waals surface area (Å²) in [5.41, 5.74) is 5.12. The molecule has 0 N–H and O–H groups in total. The topological polar surface area (TPSA) is 76.8 Å². The van der Waals surface area contributed by atoms with Crippen molar-refractivity contribution in [2.45, 2.75) is 51.4 Å². The first kappa shape index (κ1) is 21.5. The second-order valence-corrected chi connectivity index (χ2v) is 9.27. The third-order valence-corrected chi connectivity index (χ3v) is 6.47. The molecular formula is C23H28N6OS. The van der Waals surface area contributed by atoms with Gasteiger partial charge in [-0.2, -0.15) is 0 Å². The molecular weight excluding hydrogens is 408 g/mol. The van der Waals surface area contributed by atoms with E-state index in [2.05, 4.69) is 27.2 Å². The monoisotopic (exact) mass is 436 g/mol. The molecule has 4 rings (SSSR count). The molecule has 0 spiro atoms. The van der Waals surface area contributed by atoms with Gasteiger partial charge in [0.05, 0.1) is 11.4 Å². The highest BCUT2D eigenvalue weighted by Crippen LogP contribution is 2.26. The number of rotatable bonds is 5. The van der Waals surface area contributed by atoms with Gasteiger partial charge < -0.3 is 4.90 Å². The molecule has 1 amide bonds. The lowest BCUT2D eigenvalue weighted by Gasteiger charge is -2.29. The van der Waals surface area contributed by atoms with Gasteiger partial charge in [-0.15, -0.1) is 5.10 Å². The first-order chi connectivity index (χ1) is 14.9. The molecule has 1 fully saturated rings. The van der Waals surface area contributed by atoms with Gasteiger partial charge in [0.15, 0.2) is 10.9 Å². The van der Waals surface area contributed by atoms with Gasteiger partial charge in [-0.3, -0.25) is 4.79 Å². The Kier molecular flexibility index (Phi) is 6.36. The van der Waals surface area contributed by atoms with Crippen LogP contribution in [0.1, 0.15) is 52.9 Å². The van der Waals surface area contributed by atoms with Crippen LogP contribution in [0.15, 0.2) is 35.5 Å². The minimum absolute atomic E-state index is 0.0396. The minimum atomic E-state index is -0.0396. The largest absolute Gasteiger partial charge is 0.337 e. The molecule has 1 aromatic carbocycles. The highest BCUT2D eigenvalue weighted by molar-refractivity contribution is 7.98. The zero-order valence-corrected chi connectivity index (χ0v) is 19.3. The van der Waals surface area contributed by atoms with Crippen LogP contribution < -0.4 is 0 Å². The Morgan fingerprint density at radius 1 is 1.06 bits per heavy atom. The van der Waals surface area contributed by atoms with Gasteiger partial charge in [-0.05, 0) is 57.7 Å². The lowest BCUT2D eigenvalue weighted by Crippen LogP contribution is -2.38. The van der Waals surface area contributed by atoms with Crippen molar-refractivity contribution in [2.75, 3.05) is 13.1 Å². The number of carbonyl (C=O) groups excluding carboxylic acids is 1. The summed E-state index contributed by atoms with van der Waals surface area (Å²) in [7, 11) is 0. The molecule has 3 heterocycles. The molecule has 0 unspecified atom stereocenters. The number of thioether (sulfide) groups is 1. The van der Waals surface area contributed by atoms with Crippen molar-refractivity contribution in [2.24, 2.45) is 5.92 Å². The van der Waals surface area contributed by atoms with Crippen molar-refractivity contribution in [3.05, 3.63) is 58.7 Å². The number of hydrogen-bond donors (Lipinski definition) is 0. The lowest BCUT2D eigenvalue weighted by atomic mass is 9.99. The quantitative estimate of drug-likeness (QED) is 0.442. The number of nitrogens with zero attached hydrogens (tertiary/aromatic N) is 6. The first-order valence-electron chi connectivity index (χ1n) is 10.7. The van der Waals surface area contributed by atoms with Gasteiger partial charge in [-0.1, -0.05) is 41.6 Å². The highest BCUT2D eigenvalue weighted by Gasteiger charge is 2.28. The van der Waals surface area contributed by atoms with Crippen LogP contribution in [0.5, 0.6) is 0 Å². The van der Waals surface area contributed by atoms with Crippen LogP contribution in [-0.4, -0.2) is 48.9 Å². The fourth-order valence-electron chi connectivity index (χ4n) is 3.74. The minimum Gasteiger partial charge on any atom is -0.337 e. The van der Waals surface area contributed by atoms with Crippen molar-refractivity contribution >= 4 is 17.7 Å². The van der Waals surface area contributed by atoms with Crippen LogP contribution in [0.2, 0.25) is 0 Å². The average molecular weight is 437 g/mol. The summed E-state index contributed by atoms with van der Waals surface area (Å²) in [5, 5.41) is 9.38. The van der Waals surface area contributed by atoms with Crippen LogP contribution >= 0.6 is 11.8 Å². The van der Waals surface area contributed by atoms with E-state index in [1.807, 2.05) is 56.0 Å². The fourth-order valence-corrected chi connectivity index (χ4v) is 4.68. The normalized spacial score (nSPS) is 14.8. The van der Waals surface area contributed by atoms with Crippen LogP contribution in [0, 0.1) is 26.7 Å². The van der Waals surface area contributed by atoms with Crippen LogP contribution in [0.25, 0.3) is 5.69 Å². The van der Waals surface area contributed by atoms with E-state index >= 15 is 0 Å². The number of benzene rings is 1. The number of carbonyl (C=O) groups is 1. The molecule has 3 aromatic rings. The Balaban J connectivity index is 1.66. The van der Waals surface area contributed by atoms with Crippen LogP contribution in [0.3, 0.4) is 0 Å². The zero-order valence-electron chi connectivity index (χ0n) is 18.5. The summed E-state index contributed by atoms with van der Waals surface area (Å²) in [6.45, 7) is 9.74. The molecule has 0 saturated carbocycles. The molecule has 2 aromatic heterocycles. The third kappa shape index (κ3) is 4.95. The van der Waals surface area contributed by atoms with Crippen LogP contribution in [-0.2, 0) is 5.75 Å². The van der Waals surface area contributed by atoms with Gasteiger partial charge in [0.1, 0.15) is 0 Å². The molecule has 1 saturated heterocycles. The molecule has 162 valence electrons. The molecule has 31 heavy (non-hydrogen) atoms. The molecule has 1 aliphatic heterocycles. The van der Waals surface area contributed by atoms with Crippen molar-refractivity contribution in [3.63, 3.8) is 0 Å². The predicted molar refractivity (Wildman–Crippen MR) is 121 cm³/mol. The van der Waals surface area contributed by atoms with E-state index in [0.29, 0.717) is 22.5 Å². The third-order valence-electron chi connectivity index (χ3n) is 5.61. The van der Waals surface area contributed by atoms with Crippen molar-refractivity contribution in [3.8, 4) is 5.69 Å². The van der Waals surface area contributed by atoms with Crippen molar-refractivity contribution in [1.29, 1.82) is 0 Å². The Morgan fingerprint density at radius 3 is 2.35 bits per heavy atom. The smallest absolute Gasteiger partial charge is 0.276 e. The standard InChI is InChI=1S/C23H28N6OS/c1-15-5-7-19(8-6-15)29-20(14-31-23-24-17(3)13-18(4)25-23)21(26-27-29)22(30)28-11-9-16(2)10-12-28/h5-8,13,16H,9-12,14H2,1-4H3. The summed E-state index contributed by atoms with van der Waals surface area (Å²) in [5.74, 6) is 1.13. The summed E-state index contributed by atoms with van der Waals surface area (Å²) in [6.07, 6.45) is 2.05. The Labute approximate surface area is 187 Å². The molecule has 0 aliphatic carbocycles. The predicted octanol–water partition coefficient (Wildman–Crippen LogP) is 4.15. The van der Waals surface area contributed by atoms with E-state index in [1.165, 1.54) is 17.3 Å². The second-order valence-electron chi connectivity index (χ2n) is 8.33. The number of hydrogen-bond acceptors (Lipinski definition) is 6. The summed E-state index contributed by atoms with van der Waals surface area (Å²) >= 11 is 1.50. The molecule has 0 atom stereocenters. The Bertz CT molecular complexity index is 1050. The van der Waals surface area contributed by atoms with E-state index in [0.717, 1.165) is 48.7 Å². The summed E-state index contributed by atoms with van der Waals surface area (Å²) in [6, 6.07) is 10.0. The van der Waals surface area contributed by atoms with Crippen LogP contribution in [0.4, 0.5) is 0 Å². The molecule has 0 bridgehead atoms. The highest BCUT2D eigenvalue weighted by atomic mass is 32.2. The lowest BCUT2D eigenvalue weighted by molar-refractivity contribution is 0.0690. The number of aromatic nitrogens is 5. The number of piperidine rings is 1. The van der Waals surface area contributed by atoms with Gasteiger partial charge in [-0.25, -0.2) is 14.6 Å². The van der Waals surface area contributed by atoms with Gasteiger partial charge in [0.2, 0.25) is 0 Å². The maximum absolute atomic E-state index is 13.3. The molecule has 0 radical (unpaired) electrons. The first-order valence-corrected chi connectivity index (χ1v) is 11.6. The number of amides is 1. The van der Waals surface area contributed by atoms with E-state index in [-0.39, 0.29) is 5.91 Å². The Morgan fingerprint density at radius 2 is 1.71 bits per heavy atom. The van der Waals surface area contributed by atoms with E-state index < -0.39 is 0 Å². The van der Waals surface area contributed by atoms with Crippen molar-refractivity contribution in [1.82, 2.24) is 29.9 Å². The van der Waals surface area contributed by atoms with Gasteiger partial charge in [0, 0.05) is 30.2 Å². The average Bonchev–Trinajstić information content (AvgIpc) is 3.16. The van der Waals surface area contributed by atoms with Crippen molar-refractivity contribution < 1.29 is 4.79 Å². The zero-order chi connectivity index (χ0) is 22.0. The SMILES string of the molecule is Cc1ccc(-n2nnc(C(=O)N3CCC(C)CC3)c2CSc2nc(C)cc(C)n2)cc1.